The van der Waals surface area contributed by atoms with Crippen LogP contribution < -0.4 is 0 Å². The Hall–Kier alpha value is -0.960. The fourth-order valence-electron chi connectivity index (χ4n) is 2.47. The van der Waals surface area contributed by atoms with E-state index >= 15 is 0 Å². The number of carbonyl (C=O) groups is 1. The fourth-order valence-corrected chi connectivity index (χ4v) is 2.62. The predicted molar refractivity (Wildman–Crippen MR) is 66.9 cm³/mol. The van der Waals surface area contributed by atoms with E-state index in [2.05, 4.69) is 0 Å². The largest absolute Gasteiger partial charge is 0.472 e. The normalized spacial score (nSPS) is 17.0. The molecule has 0 radical (unpaired) electrons. The highest BCUT2D eigenvalue weighted by Gasteiger charge is 2.25. The van der Waals surface area contributed by atoms with Crippen molar-refractivity contribution in [3.8, 4) is 0 Å². The van der Waals surface area contributed by atoms with Gasteiger partial charge in [0.25, 0.3) is 0 Å². The Kier molecular flexibility index (Phi) is 4.49. The van der Waals surface area contributed by atoms with Gasteiger partial charge in [0, 0.05) is 18.2 Å². The number of furan rings is 1. The lowest BCUT2D eigenvalue weighted by Gasteiger charge is -2.33. The number of halogens is 1. The zero-order valence-electron chi connectivity index (χ0n) is 9.90. The average molecular weight is 256 g/mol. The van der Waals surface area contributed by atoms with Gasteiger partial charge in [-0.2, -0.15) is 0 Å². The molecule has 0 saturated heterocycles. The molecule has 1 aromatic heterocycles. The molecule has 1 saturated carbocycles. The predicted octanol–water partition coefficient (Wildman–Crippen LogP) is 3.18. The lowest BCUT2D eigenvalue weighted by Crippen LogP contribution is -2.41. The minimum absolute atomic E-state index is 0.0276. The number of hydrogen-bond donors (Lipinski definition) is 0. The van der Waals surface area contributed by atoms with Crippen molar-refractivity contribution in [1.82, 2.24) is 4.90 Å². The summed E-state index contributed by atoms with van der Waals surface area (Å²) < 4.78 is 5.05. The van der Waals surface area contributed by atoms with Crippen LogP contribution in [0.4, 0.5) is 0 Å². The molecular weight excluding hydrogens is 238 g/mol. The quantitative estimate of drug-likeness (QED) is 0.775. The molecule has 1 fully saturated rings. The first-order valence-corrected chi connectivity index (χ1v) is 6.71. The maximum Gasteiger partial charge on any atom is 0.238 e. The molecule has 1 aliphatic rings. The molecule has 4 heteroatoms. The zero-order chi connectivity index (χ0) is 12.1. The molecule has 0 N–H and O–H groups in total. The standard InChI is InChI=1S/C13H18ClNO2/c14-8-13(16)15(9-11-6-7-17-10-11)12-4-2-1-3-5-12/h6-7,10,12H,1-5,8-9H2. The number of carbonyl (C=O) groups excluding carboxylic acids is 1. The lowest BCUT2D eigenvalue weighted by atomic mass is 9.94. The monoisotopic (exact) mass is 255 g/mol. The van der Waals surface area contributed by atoms with Gasteiger partial charge in [-0.15, -0.1) is 11.6 Å². The number of amides is 1. The van der Waals surface area contributed by atoms with Crippen LogP contribution in [-0.4, -0.2) is 22.7 Å². The van der Waals surface area contributed by atoms with Gasteiger partial charge in [0.05, 0.1) is 12.5 Å². The van der Waals surface area contributed by atoms with Crippen LogP contribution in [0.2, 0.25) is 0 Å². The van der Waals surface area contributed by atoms with E-state index < -0.39 is 0 Å². The van der Waals surface area contributed by atoms with Crippen LogP contribution >= 0.6 is 11.6 Å². The summed E-state index contributed by atoms with van der Waals surface area (Å²) in [6.07, 6.45) is 9.23. The van der Waals surface area contributed by atoms with E-state index in [4.69, 9.17) is 16.0 Å². The smallest absolute Gasteiger partial charge is 0.238 e. The lowest BCUT2D eigenvalue weighted by molar-refractivity contribution is -0.132. The van der Waals surface area contributed by atoms with Crippen molar-refractivity contribution < 1.29 is 9.21 Å². The highest BCUT2D eigenvalue weighted by atomic mass is 35.5. The van der Waals surface area contributed by atoms with Crippen molar-refractivity contribution in [2.45, 2.75) is 44.7 Å². The summed E-state index contributed by atoms with van der Waals surface area (Å²) in [5.41, 5.74) is 1.04. The molecule has 17 heavy (non-hydrogen) atoms. The van der Waals surface area contributed by atoms with Crippen LogP contribution in [0.5, 0.6) is 0 Å². The van der Waals surface area contributed by atoms with E-state index in [0.29, 0.717) is 12.6 Å². The minimum Gasteiger partial charge on any atom is -0.472 e. The molecule has 1 heterocycles. The van der Waals surface area contributed by atoms with Gasteiger partial charge in [0.15, 0.2) is 0 Å². The first-order chi connectivity index (χ1) is 8.31. The number of hydrogen-bond acceptors (Lipinski definition) is 2. The molecule has 0 aliphatic heterocycles. The molecule has 1 aliphatic carbocycles. The molecule has 1 amide bonds. The third-order valence-corrected chi connectivity index (χ3v) is 3.61. The zero-order valence-corrected chi connectivity index (χ0v) is 10.7. The summed E-state index contributed by atoms with van der Waals surface area (Å²) in [5, 5.41) is 0. The first-order valence-electron chi connectivity index (χ1n) is 6.18. The minimum atomic E-state index is 0.0276. The molecule has 0 unspecified atom stereocenters. The summed E-state index contributed by atoms with van der Waals surface area (Å²) in [5.74, 6) is 0.0914. The highest BCUT2D eigenvalue weighted by Crippen LogP contribution is 2.24. The second kappa shape index (κ2) is 6.10. The van der Waals surface area contributed by atoms with Crippen molar-refractivity contribution in [2.75, 3.05) is 5.88 Å². The van der Waals surface area contributed by atoms with E-state index in [1.165, 1.54) is 19.3 Å². The van der Waals surface area contributed by atoms with Gasteiger partial charge >= 0.3 is 0 Å². The molecule has 0 bridgehead atoms. The summed E-state index contributed by atoms with van der Waals surface area (Å²) in [4.78, 5) is 13.8. The maximum absolute atomic E-state index is 11.9. The van der Waals surface area contributed by atoms with Crippen molar-refractivity contribution >= 4 is 17.5 Å². The average Bonchev–Trinajstić information content (AvgIpc) is 2.89. The van der Waals surface area contributed by atoms with Gasteiger partial charge in [0.1, 0.15) is 5.88 Å². The third-order valence-electron chi connectivity index (χ3n) is 3.38. The Balaban J connectivity index is 2.04. The number of alkyl halides is 1. The second-order valence-electron chi connectivity index (χ2n) is 4.58. The van der Waals surface area contributed by atoms with Crippen molar-refractivity contribution in [3.63, 3.8) is 0 Å². The van der Waals surface area contributed by atoms with Crippen LogP contribution in [0.15, 0.2) is 23.0 Å². The first kappa shape index (κ1) is 12.5. The second-order valence-corrected chi connectivity index (χ2v) is 4.85. The molecule has 2 rings (SSSR count). The van der Waals surface area contributed by atoms with Gasteiger partial charge in [0.2, 0.25) is 5.91 Å². The maximum atomic E-state index is 11.9. The third kappa shape index (κ3) is 3.25. The van der Waals surface area contributed by atoms with Crippen LogP contribution in [-0.2, 0) is 11.3 Å². The van der Waals surface area contributed by atoms with Crippen LogP contribution in [0.25, 0.3) is 0 Å². The van der Waals surface area contributed by atoms with Crippen LogP contribution in [0.3, 0.4) is 0 Å². The number of nitrogens with zero attached hydrogens (tertiary/aromatic N) is 1. The molecular formula is C13H18ClNO2. The van der Waals surface area contributed by atoms with Gasteiger partial charge in [-0.25, -0.2) is 0 Å². The molecule has 1 aromatic rings. The summed E-state index contributed by atoms with van der Waals surface area (Å²) >= 11 is 5.69. The fraction of sp³-hybridized carbons (Fsp3) is 0.615. The topological polar surface area (TPSA) is 33.5 Å². The summed E-state index contributed by atoms with van der Waals surface area (Å²) in [6.45, 7) is 0.618. The number of rotatable bonds is 4. The Labute approximate surface area is 107 Å². The summed E-state index contributed by atoms with van der Waals surface area (Å²) in [6, 6.07) is 2.25. The SMILES string of the molecule is O=C(CCl)N(Cc1ccoc1)C1CCCCC1. The molecule has 94 valence electrons. The Morgan fingerprint density at radius 3 is 2.76 bits per heavy atom. The van der Waals surface area contributed by atoms with Crippen LogP contribution in [0, 0.1) is 0 Å². The van der Waals surface area contributed by atoms with Gasteiger partial charge in [-0.3, -0.25) is 4.79 Å². The molecule has 0 atom stereocenters. The van der Waals surface area contributed by atoms with Gasteiger partial charge in [-0.1, -0.05) is 19.3 Å². The molecule has 0 spiro atoms. The van der Waals surface area contributed by atoms with Crippen molar-refractivity contribution in [1.29, 1.82) is 0 Å². The van der Waals surface area contributed by atoms with E-state index in [-0.39, 0.29) is 11.8 Å². The van der Waals surface area contributed by atoms with E-state index in [9.17, 15) is 4.79 Å². The van der Waals surface area contributed by atoms with Crippen molar-refractivity contribution in [2.24, 2.45) is 0 Å². The Morgan fingerprint density at radius 1 is 1.41 bits per heavy atom. The van der Waals surface area contributed by atoms with E-state index in [0.717, 1.165) is 18.4 Å². The molecule has 0 aromatic carbocycles. The van der Waals surface area contributed by atoms with Crippen LogP contribution in [0.1, 0.15) is 37.7 Å². The summed E-state index contributed by atoms with van der Waals surface area (Å²) in [7, 11) is 0. The highest BCUT2D eigenvalue weighted by molar-refractivity contribution is 6.27. The van der Waals surface area contributed by atoms with E-state index in [1.807, 2.05) is 11.0 Å². The van der Waals surface area contributed by atoms with Crippen molar-refractivity contribution in [3.05, 3.63) is 24.2 Å². The molecule has 3 nitrogen and oxygen atoms in total. The van der Waals surface area contributed by atoms with E-state index in [1.54, 1.807) is 12.5 Å². The van der Waals surface area contributed by atoms with Gasteiger partial charge < -0.3 is 9.32 Å². The Morgan fingerprint density at radius 2 is 2.18 bits per heavy atom. The Bertz CT molecular complexity index is 344. The van der Waals surface area contributed by atoms with Gasteiger partial charge in [-0.05, 0) is 18.9 Å².